The topological polar surface area (TPSA) is 60.5 Å². The second-order valence-corrected chi connectivity index (χ2v) is 6.41. The zero-order valence-electron chi connectivity index (χ0n) is 12.5. The molecule has 1 aliphatic carbocycles. The summed E-state index contributed by atoms with van der Waals surface area (Å²) in [7, 11) is 0. The Bertz CT molecular complexity index is 495. The van der Waals surface area contributed by atoms with Gasteiger partial charge in [0.1, 0.15) is 6.10 Å². The first-order valence-corrected chi connectivity index (χ1v) is 8.25. The van der Waals surface area contributed by atoms with Crippen molar-refractivity contribution in [2.45, 2.75) is 44.2 Å². The molecule has 3 rings (SSSR count). The van der Waals surface area contributed by atoms with Crippen molar-refractivity contribution >= 4 is 17.5 Å². The molecule has 0 spiro atoms. The Morgan fingerprint density at radius 2 is 2.09 bits per heavy atom. The van der Waals surface area contributed by atoms with Gasteiger partial charge in [-0.2, -0.15) is 0 Å². The minimum atomic E-state index is 0.0345. The van der Waals surface area contributed by atoms with Gasteiger partial charge in [0.15, 0.2) is 0 Å². The molecule has 1 aromatic heterocycles. The summed E-state index contributed by atoms with van der Waals surface area (Å²) in [5, 5.41) is 3.75. The van der Waals surface area contributed by atoms with Gasteiger partial charge < -0.3 is 14.8 Å². The summed E-state index contributed by atoms with van der Waals surface area (Å²) < 4.78 is 11.1. The standard InChI is InChI=1S/C16H21ClN2O3/c17-12-1-6-15(18-9-12)22-14-4-2-13(3-5-14)19-16(20)11-7-8-21-10-11/h1,6,9,11,13-14H,2-5,7-8,10H2,(H,19,20). The number of pyridine rings is 1. The highest BCUT2D eigenvalue weighted by atomic mass is 35.5. The van der Waals surface area contributed by atoms with Crippen LogP contribution < -0.4 is 10.1 Å². The third-order valence-electron chi connectivity index (χ3n) is 4.31. The minimum absolute atomic E-state index is 0.0345. The number of nitrogens with zero attached hydrogens (tertiary/aromatic N) is 1. The number of rotatable bonds is 4. The van der Waals surface area contributed by atoms with E-state index in [2.05, 4.69) is 10.3 Å². The molecule has 1 N–H and O–H groups in total. The second-order valence-electron chi connectivity index (χ2n) is 5.98. The van der Waals surface area contributed by atoms with Crippen LogP contribution in [0.1, 0.15) is 32.1 Å². The van der Waals surface area contributed by atoms with Gasteiger partial charge in [-0.3, -0.25) is 4.79 Å². The lowest BCUT2D eigenvalue weighted by Crippen LogP contribution is -2.42. The summed E-state index contributed by atoms with van der Waals surface area (Å²) in [5.41, 5.74) is 0. The van der Waals surface area contributed by atoms with Crippen LogP contribution in [-0.4, -0.2) is 36.3 Å². The number of carbonyl (C=O) groups is 1. The number of ether oxygens (including phenoxy) is 2. The summed E-state index contributed by atoms with van der Waals surface area (Å²) >= 11 is 5.81. The van der Waals surface area contributed by atoms with E-state index in [-0.39, 0.29) is 24.0 Å². The predicted molar refractivity (Wildman–Crippen MR) is 83.0 cm³/mol. The zero-order chi connectivity index (χ0) is 15.4. The zero-order valence-corrected chi connectivity index (χ0v) is 13.2. The molecule has 1 atom stereocenters. The van der Waals surface area contributed by atoms with Gasteiger partial charge in [0.25, 0.3) is 0 Å². The van der Waals surface area contributed by atoms with E-state index >= 15 is 0 Å². The van der Waals surface area contributed by atoms with Crippen molar-refractivity contribution < 1.29 is 14.3 Å². The van der Waals surface area contributed by atoms with Gasteiger partial charge in [-0.15, -0.1) is 0 Å². The molecule has 1 aliphatic heterocycles. The van der Waals surface area contributed by atoms with E-state index in [1.54, 1.807) is 18.3 Å². The van der Waals surface area contributed by atoms with Crippen LogP contribution in [0.3, 0.4) is 0 Å². The van der Waals surface area contributed by atoms with Crippen molar-refractivity contribution in [2.75, 3.05) is 13.2 Å². The van der Waals surface area contributed by atoms with Crippen LogP contribution in [0.25, 0.3) is 0 Å². The molecule has 2 heterocycles. The molecule has 6 heteroatoms. The summed E-state index contributed by atoms with van der Waals surface area (Å²) in [6.45, 7) is 1.26. The van der Waals surface area contributed by atoms with Gasteiger partial charge in [0, 0.05) is 24.9 Å². The quantitative estimate of drug-likeness (QED) is 0.924. The van der Waals surface area contributed by atoms with Crippen LogP contribution in [0.5, 0.6) is 5.88 Å². The Kier molecular flexibility index (Phi) is 5.16. The molecule has 120 valence electrons. The maximum atomic E-state index is 12.1. The van der Waals surface area contributed by atoms with E-state index in [1.165, 1.54) is 0 Å². The van der Waals surface area contributed by atoms with E-state index in [0.29, 0.717) is 24.1 Å². The van der Waals surface area contributed by atoms with Gasteiger partial charge in [0.05, 0.1) is 17.5 Å². The lowest BCUT2D eigenvalue weighted by molar-refractivity contribution is -0.126. The number of aromatic nitrogens is 1. The van der Waals surface area contributed by atoms with E-state index in [9.17, 15) is 4.79 Å². The molecule has 1 amide bonds. The molecule has 1 unspecified atom stereocenters. The fourth-order valence-electron chi connectivity index (χ4n) is 2.99. The van der Waals surface area contributed by atoms with Crippen molar-refractivity contribution in [1.29, 1.82) is 0 Å². The first kappa shape index (κ1) is 15.6. The fraction of sp³-hybridized carbons (Fsp3) is 0.625. The molecule has 0 aromatic carbocycles. The summed E-state index contributed by atoms with van der Waals surface area (Å²) in [5.74, 6) is 0.786. The molecule has 22 heavy (non-hydrogen) atoms. The Labute approximate surface area is 135 Å². The van der Waals surface area contributed by atoms with Crippen LogP contribution in [0.4, 0.5) is 0 Å². The van der Waals surface area contributed by atoms with Crippen molar-refractivity contribution in [1.82, 2.24) is 10.3 Å². The van der Waals surface area contributed by atoms with Gasteiger partial charge in [-0.1, -0.05) is 11.6 Å². The van der Waals surface area contributed by atoms with E-state index in [0.717, 1.165) is 32.1 Å². The molecule has 2 aliphatic rings. The first-order valence-electron chi connectivity index (χ1n) is 7.87. The maximum Gasteiger partial charge on any atom is 0.225 e. The molecule has 2 fully saturated rings. The van der Waals surface area contributed by atoms with Crippen LogP contribution in [0, 0.1) is 5.92 Å². The van der Waals surface area contributed by atoms with E-state index < -0.39 is 0 Å². The van der Waals surface area contributed by atoms with Crippen molar-refractivity contribution in [2.24, 2.45) is 5.92 Å². The number of amides is 1. The summed E-state index contributed by atoms with van der Waals surface area (Å²) in [6.07, 6.45) is 6.33. The molecule has 1 aromatic rings. The highest BCUT2D eigenvalue weighted by Gasteiger charge is 2.28. The second kappa shape index (κ2) is 7.29. The molecule has 0 radical (unpaired) electrons. The SMILES string of the molecule is O=C(NC1CCC(Oc2ccc(Cl)cn2)CC1)C1CCOC1. The smallest absolute Gasteiger partial charge is 0.225 e. The van der Waals surface area contributed by atoms with E-state index in [4.69, 9.17) is 21.1 Å². The lowest BCUT2D eigenvalue weighted by Gasteiger charge is -2.29. The molecule has 5 nitrogen and oxygen atoms in total. The molecular formula is C16H21ClN2O3. The fourth-order valence-corrected chi connectivity index (χ4v) is 3.10. The predicted octanol–water partition coefficient (Wildman–Crippen LogP) is 2.58. The Hall–Kier alpha value is -1.33. The highest BCUT2D eigenvalue weighted by molar-refractivity contribution is 6.30. The number of halogens is 1. The third-order valence-corrected chi connectivity index (χ3v) is 4.53. The summed E-state index contributed by atoms with van der Waals surface area (Å²) in [4.78, 5) is 16.2. The monoisotopic (exact) mass is 324 g/mol. The van der Waals surface area contributed by atoms with Crippen molar-refractivity contribution in [3.63, 3.8) is 0 Å². The van der Waals surface area contributed by atoms with Gasteiger partial charge in [-0.25, -0.2) is 4.98 Å². The lowest BCUT2D eigenvalue weighted by atomic mass is 9.92. The average Bonchev–Trinajstić information content (AvgIpc) is 3.06. The summed E-state index contributed by atoms with van der Waals surface area (Å²) in [6, 6.07) is 3.82. The number of hydrogen-bond acceptors (Lipinski definition) is 4. The van der Waals surface area contributed by atoms with Crippen LogP contribution in [0.15, 0.2) is 18.3 Å². The van der Waals surface area contributed by atoms with Crippen LogP contribution in [0.2, 0.25) is 5.02 Å². The molecular weight excluding hydrogens is 304 g/mol. The average molecular weight is 325 g/mol. The Morgan fingerprint density at radius 1 is 1.27 bits per heavy atom. The van der Waals surface area contributed by atoms with Crippen LogP contribution in [-0.2, 0) is 9.53 Å². The van der Waals surface area contributed by atoms with Crippen molar-refractivity contribution in [3.8, 4) is 5.88 Å². The number of carbonyl (C=O) groups excluding carboxylic acids is 1. The number of nitrogens with one attached hydrogen (secondary N) is 1. The first-order chi connectivity index (χ1) is 10.7. The van der Waals surface area contributed by atoms with Crippen molar-refractivity contribution in [3.05, 3.63) is 23.4 Å². The van der Waals surface area contributed by atoms with Crippen LogP contribution >= 0.6 is 11.6 Å². The molecule has 1 saturated carbocycles. The minimum Gasteiger partial charge on any atom is -0.474 e. The molecule has 1 saturated heterocycles. The Balaban J connectivity index is 1.42. The number of hydrogen-bond donors (Lipinski definition) is 1. The largest absolute Gasteiger partial charge is 0.474 e. The Morgan fingerprint density at radius 3 is 2.73 bits per heavy atom. The normalized spacial score (nSPS) is 28.3. The van der Waals surface area contributed by atoms with E-state index in [1.807, 2.05) is 0 Å². The van der Waals surface area contributed by atoms with Gasteiger partial charge in [0.2, 0.25) is 11.8 Å². The van der Waals surface area contributed by atoms with Gasteiger partial charge >= 0.3 is 0 Å². The third kappa shape index (κ3) is 4.11. The maximum absolute atomic E-state index is 12.1. The van der Waals surface area contributed by atoms with Gasteiger partial charge in [-0.05, 0) is 38.2 Å². The molecule has 0 bridgehead atoms. The highest BCUT2D eigenvalue weighted by Crippen LogP contribution is 2.24.